The van der Waals surface area contributed by atoms with Gasteiger partial charge in [0.15, 0.2) is 11.5 Å². The first-order valence-electron chi connectivity index (χ1n) is 7.67. The predicted molar refractivity (Wildman–Crippen MR) is 81.6 cm³/mol. The standard InChI is InChI=1S/C16H20N2O5/c1-21-13-4-2-3-11-9-12(10-23-14(11)13)15(19)17-5-6-18-7-8-22-16(18)20/h2-4,12H,5-10H2,1H3,(H,17,19)/t12-/m1/s1. The van der Waals surface area contributed by atoms with Gasteiger partial charge in [-0.1, -0.05) is 12.1 Å². The van der Waals surface area contributed by atoms with E-state index in [9.17, 15) is 9.59 Å². The van der Waals surface area contributed by atoms with Crippen molar-refractivity contribution >= 4 is 12.0 Å². The molecule has 1 atom stereocenters. The first-order chi connectivity index (χ1) is 11.2. The maximum Gasteiger partial charge on any atom is 0.409 e. The lowest BCUT2D eigenvalue weighted by Gasteiger charge is -2.26. The molecule has 2 heterocycles. The van der Waals surface area contributed by atoms with Crippen molar-refractivity contribution in [3.63, 3.8) is 0 Å². The number of nitrogens with zero attached hydrogens (tertiary/aromatic N) is 1. The number of fused-ring (bicyclic) bond motifs is 1. The van der Waals surface area contributed by atoms with Crippen LogP contribution in [0.5, 0.6) is 11.5 Å². The smallest absolute Gasteiger partial charge is 0.409 e. The minimum Gasteiger partial charge on any atom is -0.493 e. The van der Waals surface area contributed by atoms with Crippen molar-refractivity contribution in [2.45, 2.75) is 6.42 Å². The summed E-state index contributed by atoms with van der Waals surface area (Å²) in [5.41, 5.74) is 0.971. The number of ether oxygens (including phenoxy) is 3. The summed E-state index contributed by atoms with van der Waals surface area (Å²) in [4.78, 5) is 25.2. The van der Waals surface area contributed by atoms with Gasteiger partial charge in [0.1, 0.15) is 13.2 Å². The first-order valence-corrected chi connectivity index (χ1v) is 7.67. The third kappa shape index (κ3) is 3.33. The summed E-state index contributed by atoms with van der Waals surface area (Å²) < 4.78 is 15.8. The van der Waals surface area contributed by atoms with E-state index in [0.29, 0.717) is 45.0 Å². The van der Waals surface area contributed by atoms with Gasteiger partial charge >= 0.3 is 6.09 Å². The lowest BCUT2D eigenvalue weighted by molar-refractivity contribution is -0.126. The fourth-order valence-corrected chi connectivity index (χ4v) is 2.81. The molecule has 3 rings (SSSR count). The van der Waals surface area contributed by atoms with Gasteiger partial charge in [0, 0.05) is 13.1 Å². The van der Waals surface area contributed by atoms with Gasteiger partial charge in [0.25, 0.3) is 0 Å². The van der Waals surface area contributed by atoms with Crippen molar-refractivity contribution in [1.29, 1.82) is 0 Å². The van der Waals surface area contributed by atoms with Crippen molar-refractivity contribution in [2.24, 2.45) is 5.92 Å². The zero-order valence-electron chi connectivity index (χ0n) is 13.0. The van der Waals surface area contributed by atoms with Crippen molar-refractivity contribution in [1.82, 2.24) is 10.2 Å². The lowest BCUT2D eigenvalue weighted by atomic mass is 9.95. The molecule has 0 saturated carbocycles. The molecule has 0 bridgehead atoms. The molecule has 2 amide bonds. The molecule has 2 aliphatic heterocycles. The number of para-hydroxylation sites is 1. The summed E-state index contributed by atoms with van der Waals surface area (Å²) in [5, 5.41) is 2.86. The topological polar surface area (TPSA) is 77.1 Å². The Morgan fingerprint density at radius 1 is 1.43 bits per heavy atom. The highest BCUT2D eigenvalue weighted by Gasteiger charge is 2.28. The van der Waals surface area contributed by atoms with E-state index in [-0.39, 0.29) is 17.9 Å². The molecular formula is C16H20N2O5. The average molecular weight is 320 g/mol. The van der Waals surface area contributed by atoms with Gasteiger partial charge in [-0.25, -0.2) is 4.79 Å². The Hall–Kier alpha value is -2.44. The molecule has 1 aromatic carbocycles. The normalized spacial score (nSPS) is 19.6. The molecule has 0 spiro atoms. The van der Waals surface area contributed by atoms with Crippen LogP contribution in [0.25, 0.3) is 0 Å². The van der Waals surface area contributed by atoms with Gasteiger partial charge in [0.05, 0.1) is 19.6 Å². The van der Waals surface area contributed by atoms with E-state index >= 15 is 0 Å². The van der Waals surface area contributed by atoms with E-state index in [0.717, 1.165) is 11.3 Å². The number of rotatable bonds is 5. The first kappa shape index (κ1) is 15.5. The SMILES string of the molecule is COc1cccc2c1OC[C@H](C(=O)NCCN1CCOC1=O)C2. The summed E-state index contributed by atoms with van der Waals surface area (Å²) in [6, 6.07) is 5.67. The van der Waals surface area contributed by atoms with Crippen LogP contribution in [0.1, 0.15) is 5.56 Å². The van der Waals surface area contributed by atoms with Crippen LogP contribution in [0.2, 0.25) is 0 Å². The molecule has 2 aliphatic rings. The van der Waals surface area contributed by atoms with Crippen molar-refractivity contribution in [3.05, 3.63) is 23.8 Å². The largest absolute Gasteiger partial charge is 0.493 e. The molecule has 7 heteroatoms. The second kappa shape index (κ2) is 6.76. The van der Waals surface area contributed by atoms with Crippen LogP contribution in [0.3, 0.4) is 0 Å². The van der Waals surface area contributed by atoms with Gasteiger partial charge in [-0.15, -0.1) is 0 Å². The summed E-state index contributed by atoms with van der Waals surface area (Å²) in [6.45, 7) is 2.19. The average Bonchev–Trinajstić information content (AvgIpc) is 2.98. The number of carbonyl (C=O) groups excluding carboxylic acids is 2. The Morgan fingerprint density at radius 3 is 3.04 bits per heavy atom. The van der Waals surface area contributed by atoms with Crippen molar-refractivity contribution in [3.8, 4) is 11.5 Å². The van der Waals surface area contributed by atoms with Gasteiger partial charge in [-0.2, -0.15) is 0 Å². The third-order valence-electron chi connectivity index (χ3n) is 4.07. The van der Waals surface area contributed by atoms with E-state index in [2.05, 4.69) is 5.32 Å². The summed E-state index contributed by atoms with van der Waals surface area (Å²) in [5.74, 6) is 1.11. The molecule has 0 unspecified atom stereocenters. The molecule has 1 saturated heterocycles. The molecule has 1 fully saturated rings. The third-order valence-corrected chi connectivity index (χ3v) is 4.07. The second-order valence-corrected chi connectivity index (χ2v) is 5.55. The van der Waals surface area contributed by atoms with Crippen LogP contribution in [-0.2, 0) is 16.0 Å². The summed E-state index contributed by atoms with van der Waals surface area (Å²) in [7, 11) is 1.60. The Balaban J connectivity index is 1.52. The molecule has 7 nitrogen and oxygen atoms in total. The highest BCUT2D eigenvalue weighted by molar-refractivity contribution is 5.79. The highest BCUT2D eigenvalue weighted by Crippen LogP contribution is 2.35. The molecule has 124 valence electrons. The van der Waals surface area contributed by atoms with Crippen molar-refractivity contribution < 1.29 is 23.8 Å². The summed E-state index contributed by atoms with van der Waals surface area (Å²) in [6.07, 6.45) is 0.297. The van der Waals surface area contributed by atoms with Crippen LogP contribution in [0.15, 0.2) is 18.2 Å². The molecule has 0 aromatic heterocycles. The van der Waals surface area contributed by atoms with E-state index in [1.807, 2.05) is 18.2 Å². The van der Waals surface area contributed by atoms with Gasteiger partial charge < -0.3 is 24.4 Å². The quantitative estimate of drug-likeness (QED) is 0.869. The Morgan fingerprint density at radius 2 is 2.30 bits per heavy atom. The fraction of sp³-hybridized carbons (Fsp3) is 0.500. The molecule has 0 radical (unpaired) electrons. The number of cyclic esters (lactones) is 1. The van der Waals surface area contributed by atoms with Gasteiger partial charge in [-0.05, 0) is 18.1 Å². The Labute approximate surface area is 134 Å². The van der Waals surface area contributed by atoms with E-state index in [1.165, 1.54) is 0 Å². The minimum atomic E-state index is -0.318. The van der Waals surface area contributed by atoms with E-state index < -0.39 is 0 Å². The number of carbonyl (C=O) groups is 2. The Kier molecular flexibility index (Phi) is 4.55. The zero-order chi connectivity index (χ0) is 16.2. The number of nitrogens with one attached hydrogen (secondary N) is 1. The number of benzene rings is 1. The maximum atomic E-state index is 12.3. The van der Waals surface area contributed by atoms with Crippen LogP contribution in [0.4, 0.5) is 4.79 Å². The molecular weight excluding hydrogens is 300 g/mol. The molecule has 0 aliphatic carbocycles. The second-order valence-electron chi connectivity index (χ2n) is 5.55. The number of methoxy groups -OCH3 is 1. The van der Waals surface area contributed by atoms with Crippen LogP contribution in [0, 0.1) is 5.92 Å². The van der Waals surface area contributed by atoms with E-state index in [4.69, 9.17) is 14.2 Å². The maximum absolute atomic E-state index is 12.3. The van der Waals surface area contributed by atoms with E-state index in [1.54, 1.807) is 12.0 Å². The molecule has 1 aromatic rings. The van der Waals surface area contributed by atoms with Gasteiger partial charge in [-0.3, -0.25) is 4.79 Å². The fourth-order valence-electron chi connectivity index (χ4n) is 2.81. The monoisotopic (exact) mass is 320 g/mol. The number of amides is 2. The number of hydrogen-bond acceptors (Lipinski definition) is 5. The van der Waals surface area contributed by atoms with Crippen LogP contribution < -0.4 is 14.8 Å². The predicted octanol–water partition coefficient (Wildman–Crippen LogP) is 0.815. The highest BCUT2D eigenvalue weighted by atomic mass is 16.6. The van der Waals surface area contributed by atoms with Crippen LogP contribution in [-0.4, -0.2) is 56.9 Å². The summed E-state index contributed by atoms with van der Waals surface area (Å²) >= 11 is 0. The Bertz CT molecular complexity index is 604. The molecule has 1 N–H and O–H groups in total. The zero-order valence-corrected chi connectivity index (χ0v) is 13.0. The van der Waals surface area contributed by atoms with Crippen molar-refractivity contribution in [2.75, 3.05) is 40.0 Å². The lowest BCUT2D eigenvalue weighted by Crippen LogP contribution is -2.41. The molecule has 23 heavy (non-hydrogen) atoms. The van der Waals surface area contributed by atoms with Crippen LogP contribution >= 0.6 is 0 Å². The minimum absolute atomic E-state index is 0.0639. The van der Waals surface area contributed by atoms with Gasteiger partial charge in [0.2, 0.25) is 5.91 Å². The number of hydrogen-bond donors (Lipinski definition) is 1.